The minimum absolute atomic E-state index is 0. The van der Waals surface area contributed by atoms with E-state index in [0.29, 0.717) is 19.6 Å². The maximum Gasteiger partial charge on any atom is 0.220 e. The highest BCUT2D eigenvalue weighted by molar-refractivity contribution is 5.85. The van der Waals surface area contributed by atoms with Crippen LogP contribution in [0, 0.1) is 5.92 Å². The van der Waals surface area contributed by atoms with Gasteiger partial charge >= 0.3 is 0 Å². The Bertz CT molecular complexity index is 360. The third-order valence-electron chi connectivity index (χ3n) is 2.81. The second kappa shape index (κ2) is 9.78. The van der Waals surface area contributed by atoms with E-state index in [1.165, 1.54) is 0 Å². The summed E-state index contributed by atoms with van der Waals surface area (Å²) in [6.07, 6.45) is 0.448. The van der Waals surface area contributed by atoms with E-state index in [2.05, 4.69) is 5.32 Å². The van der Waals surface area contributed by atoms with Gasteiger partial charge in [-0.1, -0.05) is 37.3 Å². The van der Waals surface area contributed by atoms with E-state index in [0.717, 1.165) is 5.56 Å². The van der Waals surface area contributed by atoms with Crippen molar-refractivity contribution in [3.8, 4) is 0 Å². The Morgan fingerprint density at radius 1 is 1.37 bits per heavy atom. The molecule has 0 heterocycles. The molecule has 0 bridgehead atoms. The molecule has 19 heavy (non-hydrogen) atoms. The van der Waals surface area contributed by atoms with E-state index in [9.17, 15) is 4.79 Å². The molecule has 0 fully saturated rings. The summed E-state index contributed by atoms with van der Waals surface area (Å²) in [5.41, 5.74) is 6.57. The van der Waals surface area contributed by atoms with Gasteiger partial charge in [-0.2, -0.15) is 0 Å². The van der Waals surface area contributed by atoms with Crippen molar-refractivity contribution in [1.29, 1.82) is 0 Å². The van der Waals surface area contributed by atoms with Crippen molar-refractivity contribution in [3.63, 3.8) is 0 Å². The van der Waals surface area contributed by atoms with Gasteiger partial charge in [0.15, 0.2) is 0 Å². The predicted molar refractivity (Wildman–Crippen MR) is 79.3 cm³/mol. The molecule has 3 N–H and O–H groups in total. The zero-order valence-corrected chi connectivity index (χ0v) is 12.3. The molecule has 1 aromatic carbocycles. The molecule has 108 valence electrons. The number of hydrogen-bond acceptors (Lipinski definition) is 3. The van der Waals surface area contributed by atoms with Crippen LogP contribution >= 0.6 is 12.4 Å². The van der Waals surface area contributed by atoms with Crippen molar-refractivity contribution in [2.75, 3.05) is 20.3 Å². The number of hydrogen-bond donors (Lipinski definition) is 2. The predicted octanol–water partition coefficient (Wildman–Crippen LogP) is 1.90. The first kappa shape index (κ1) is 17.9. The number of methoxy groups -OCH3 is 1. The first-order chi connectivity index (χ1) is 8.67. The Morgan fingerprint density at radius 3 is 2.53 bits per heavy atom. The summed E-state index contributed by atoms with van der Waals surface area (Å²) in [4.78, 5) is 11.8. The SMILES string of the molecule is COC[C@@H](NC(=O)CC(C)CN)c1ccccc1.Cl. The summed E-state index contributed by atoms with van der Waals surface area (Å²) in [5.74, 6) is 0.211. The number of amides is 1. The smallest absolute Gasteiger partial charge is 0.220 e. The molecule has 1 unspecified atom stereocenters. The molecule has 2 atom stereocenters. The quantitative estimate of drug-likeness (QED) is 0.805. The van der Waals surface area contributed by atoms with Crippen molar-refractivity contribution >= 4 is 18.3 Å². The van der Waals surface area contributed by atoms with Gasteiger partial charge in [0, 0.05) is 13.5 Å². The molecule has 0 aromatic heterocycles. The summed E-state index contributed by atoms with van der Waals surface area (Å²) < 4.78 is 5.15. The molecule has 1 rings (SSSR count). The molecule has 1 aromatic rings. The largest absolute Gasteiger partial charge is 0.382 e. The highest BCUT2D eigenvalue weighted by atomic mass is 35.5. The lowest BCUT2D eigenvalue weighted by Crippen LogP contribution is -2.33. The standard InChI is InChI=1S/C14H22N2O2.ClH/c1-11(9-15)8-14(17)16-13(10-18-2)12-6-4-3-5-7-12;/h3-7,11,13H,8-10,15H2,1-2H3,(H,16,17);1H/t11?,13-;/m1./s1. The van der Waals surface area contributed by atoms with E-state index >= 15 is 0 Å². The number of halogens is 1. The maximum absolute atomic E-state index is 11.8. The minimum atomic E-state index is -0.103. The van der Waals surface area contributed by atoms with Gasteiger partial charge in [0.1, 0.15) is 0 Å². The molecule has 0 aliphatic rings. The van der Waals surface area contributed by atoms with Crippen molar-refractivity contribution in [3.05, 3.63) is 35.9 Å². The second-order valence-electron chi connectivity index (χ2n) is 4.53. The summed E-state index contributed by atoms with van der Waals surface area (Å²) in [7, 11) is 1.63. The van der Waals surface area contributed by atoms with Crippen LogP contribution in [0.4, 0.5) is 0 Å². The van der Waals surface area contributed by atoms with Crippen LogP contribution in [0.1, 0.15) is 24.9 Å². The first-order valence-electron chi connectivity index (χ1n) is 6.20. The zero-order valence-electron chi connectivity index (χ0n) is 11.5. The Morgan fingerprint density at radius 2 is 2.00 bits per heavy atom. The molecule has 0 spiro atoms. The number of benzene rings is 1. The van der Waals surface area contributed by atoms with E-state index in [4.69, 9.17) is 10.5 Å². The molecular formula is C14H23ClN2O2. The van der Waals surface area contributed by atoms with Crippen LogP contribution in [0.2, 0.25) is 0 Å². The average molecular weight is 287 g/mol. The van der Waals surface area contributed by atoms with Crippen LogP contribution in [-0.2, 0) is 9.53 Å². The van der Waals surface area contributed by atoms with E-state index in [1.54, 1.807) is 7.11 Å². The number of carbonyl (C=O) groups excluding carboxylic acids is 1. The van der Waals surface area contributed by atoms with Crippen molar-refractivity contribution < 1.29 is 9.53 Å². The molecule has 0 saturated carbocycles. The van der Waals surface area contributed by atoms with Crippen LogP contribution in [0.25, 0.3) is 0 Å². The molecule has 1 amide bonds. The van der Waals surface area contributed by atoms with Gasteiger partial charge in [-0.15, -0.1) is 12.4 Å². The lowest BCUT2D eigenvalue weighted by molar-refractivity contribution is -0.123. The van der Waals surface area contributed by atoms with Gasteiger partial charge in [0.25, 0.3) is 0 Å². The van der Waals surface area contributed by atoms with E-state index in [-0.39, 0.29) is 30.3 Å². The van der Waals surface area contributed by atoms with Gasteiger partial charge in [-0.25, -0.2) is 0 Å². The van der Waals surface area contributed by atoms with Crippen LogP contribution in [-0.4, -0.2) is 26.2 Å². The number of carbonyl (C=O) groups is 1. The minimum Gasteiger partial charge on any atom is -0.382 e. The Hall–Kier alpha value is -1.10. The zero-order chi connectivity index (χ0) is 13.4. The van der Waals surface area contributed by atoms with Crippen LogP contribution in [0.3, 0.4) is 0 Å². The van der Waals surface area contributed by atoms with Crippen molar-refractivity contribution in [2.24, 2.45) is 11.7 Å². The maximum atomic E-state index is 11.8. The van der Waals surface area contributed by atoms with Crippen LogP contribution in [0.15, 0.2) is 30.3 Å². The molecule has 4 nitrogen and oxygen atoms in total. The van der Waals surface area contributed by atoms with Gasteiger partial charge in [0.2, 0.25) is 5.91 Å². The van der Waals surface area contributed by atoms with Gasteiger partial charge in [-0.3, -0.25) is 4.79 Å². The summed E-state index contributed by atoms with van der Waals surface area (Å²) in [6.45, 7) is 2.95. The van der Waals surface area contributed by atoms with Crippen molar-refractivity contribution in [2.45, 2.75) is 19.4 Å². The monoisotopic (exact) mass is 286 g/mol. The number of rotatable bonds is 7. The second-order valence-corrected chi connectivity index (χ2v) is 4.53. The molecular weight excluding hydrogens is 264 g/mol. The summed E-state index contributed by atoms with van der Waals surface area (Å²) >= 11 is 0. The summed E-state index contributed by atoms with van der Waals surface area (Å²) in [5, 5.41) is 2.98. The normalized spacial score (nSPS) is 13.2. The average Bonchev–Trinajstić information content (AvgIpc) is 2.39. The summed E-state index contributed by atoms with van der Waals surface area (Å²) in [6, 6.07) is 9.71. The fraction of sp³-hybridized carbons (Fsp3) is 0.500. The fourth-order valence-electron chi connectivity index (χ4n) is 1.73. The number of nitrogens with two attached hydrogens (primary N) is 1. The Balaban J connectivity index is 0.00000324. The topological polar surface area (TPSA) is 64.3 Å². The van der Waals surface area contributed by atoms with Crippen LogP contribution < -0.4 is 11.1 Å². The van der Waals surface area contributed by atoms with Gasteiger partial charge < -0.3 is 15.8 Å². The molecule has 0 aliphatic carbocycles. The molecule has 0 radical (unpaired) electrons. The number of ether oxygens (including phenoxy) is 1. The van der Waals surface area contributed by atoms with Crippen LogP contribution in [0.5, 0.6) is 0 Å². The first-order valence-corrected chi connectivity index (χ1v) is 6.20. The Labute approximate surface area is 121 Å². The Kier molecular flexibility index (Phi) is 9.21. The van der Waals surface area contributed by atoms with Gasteiger partial charge in [-0.05, 0) is 18.0 Å². The highest BCUT2D eigenvalue weighted by Crippen LogP contribution is 2.13. The molecule has 0 aliphatic heterocycles. The molecule has 0 saturated heterocycles. The van der Waals surface area contributed by atoms with Gasteiger partial charge in [0.05, 0.1) is 12.6 Å². The third-order valence-corrected chi connectivity index (χ3v) is 2.81. The number of nitrogens with one attached hydrogen (secondary N) is 1. The van der Waals surface area contributed by atoms with E-state index < -0.39 is 0 Å². The van der Waals surface area contributed by atoms with Crippen molar-refractivity contribution in [1.82, 2.24) is 5.32 Å². The lowest BCUT2D eigenvalue weighted by Gasteiger charge is -2.19. The van der Waals surface area contributed by atoms with E-state index in [1.807, 2.05) is 37.3 Å². The molecule has 5 heteroatoms. The third kappa shape index (κ3) is 6.57. The fourth-order valence-corrected chi connectivity index (χ4v) is 1.73. The lowest BCUT2D eigenvalue weighted by atomic mass is 10.1. The highest BCUT2D eigenvalue weighted by Gasteiger charge is 2.15.